The van der Waals surface area contributed by atoms with Crippen LogP contribution in [0, 0.1) is 6.92 Å². The average molecular weight is 306 g/mol. The van der Waals surface area contributed by atoms with Gasteiger partial charge in [0.1, 0.15) is 0 Å². The molecule has 0 saturated carbocycles. The van der Waals surface area contributed by atoms with Crippen molar-refractivity contribution in [2.75, 3.05) is 6.61 Å². The molecule has 0 aliphatic heterocycles. The summed E-state index contributed by atoms with van der Waals surface area (Å²) in [6.07, 6.45) is 1.59. The monoisotopic (exact) mass is 306 g/mol. The van der Waals surface area contributed by atoms with Crippen molar-refractivity contribution in [3.05, 3.63) is 71.5 Å². The van der Waals surface area contributed by atoms with Gasteiger partial charge in [-0.15, -0.1) is 0 Å². The second-order valence-electron chi connectivity index (χ2n) is 5.68. The first kappa shape index (κ1) is 15.5. The van der Waals surface area contributed by atoms with Crippen molar-refractivity contribution in [3.63, 3.8) is 0 Å². The summed E-state index contributed by atoms with van der Waals surface area (Å²) < 4.78 is 2.02. The van der Waals surface area contributed by atoms with E-state index < -0.39 is 0 Å². The molecule has 3 heteroatoms. The van der Waals surface area contributed by atoms with Crippen molar-refractivity contribution in [2.45, 2.75) is 26.7 Å². The Balaban J connectivity index is 2.05. The molecule has 0 radical (unpaired) electrons. The maximum atomic E-state index is 9.03. The highest BCUT2D eigenvalue weighted by Gasteiger charge is 2.15. The maximum Gasteiger partial charge on any atom is 0.0707 e. The van der Waals surface area contributed by atoms with Crippen LogP contribution in [0.4, 0.5) is 0 Å². The lowest BCUT2D eigenvalue weighted by Crippen LogP contribution is -2.00. The average Bonchev–Trinajstić information content (AvgIpc) is 2.93. The van der Waals surface area contributed by atoms with Crippen LogP contribution in [0.3, 0.4) is 0 Å². The zero-order chi connectivity index (χ0) is 16.2. The Morgan fingerprint density at radius 2 is 1.70 bits per heavy atom. The van der Waals surface area contributed by atoms with Gasteiger partial charge in [-0.1, -0.05) is 49.4 Å². The molecule has 118 valence electrons. The van der Waals surface area contributed by atoms with Crippen molar-refractivity contribution in [2.24, 2.45) is 0 Å². The molecule has 3 nitrogen and oxygen atoms in total. The molecule has 0 spiro atoms. The Labute approximate surface area is 137 Å². The Kier molecular flexibility index (Phi) is 4.58. The smallest absolute Gasteiger partial charge is 0.0707 e. The first-order chi connectivity index (χ1) is 11.2. The van der Waals surface area contributed by atoms with Crippen LogP contribution in [0.1, 0.15) is 23.9 Å². The van der Waals surface area contributed by atoms with Crippen molar-refractivity contribution in [1.82, 2.24) is 9.78 Å². The zero-order valence-electron chi connectivity index (χ0n) is 13.7. The second-order valence-corrected chi connectivity index (χ2v) is 5.68. The molecule has 0 amide bonds. The molecule has 2 aromatic carbocycles. The van der Waals surface area contributed by atoms with Gasteiger partial charge in [-0.2, -0.15) is 5.10 Å². The summed E-state index contributed by atoms with van der Waals surface area (Å²) in [4.78, 5) is 0. The van der Waals surface area contributed by atoms with Gasteiger partial charge in [0.15, 0.2) is 0 Å². The lowest BCUT2D eigenvalue weighted by atomic mass is 10.0. The van der Waals surface area contributed by atoms with Crippen LogP contribution in [0.5, 0.6) is 0 Å². The third-order valence-corrected chi connectivity index (χ3v) is 4.17. The van der Waals surface area contributed by atoms with Gasteiger partial charge in [0.05, 0.1) is 11.4 Å². The second kappa shape index (κ2) is 6.80. The number of aromatic nitrogens is 2. The minimum absolute atomic E-state index is 0.179. The van der Waals surface area contributed by atoms with Gasteiger partial charge in [0.2, 0.25) is 0 Å². The van der Waals surface area contributed by atoms with Crippen LogP contribution in [0.25, 0.3) is 16.8 Å². The minimum Gasteiger partial charge on any atom is -0.396 e. The summed E-state index contributed by atoms with van der Waals surface area (Å²) in [6.45, 7) is 4.44. The van der Waals surface area contributed by atoms with Gasteiger partial charge in [0.25, 0.3) is 0 Å². The van der Waals surface area contributed by atoms with E-state index >= 15 is 0 Å². The number of hydrogen-bond donors (Lipinski definition) is 1. The molecule has 3 rings (SSSR count). The fraction of sp³-hybridized carbons (Fsp3) is 0.250. The predicted molar refractivity (Wildman–Crippen MR) is 93.9 cm³/mol. The van der Waals surface area contributed by atoms with Crippen molar-refractivity contribution >= 4 is 0 Å². The molecule has 1 heterocycles. The van der Waals surface area contributed by atoms with E-state index in [2.05, 4.69) is 62.4 Å². The number of benzene rings is 2. The third-order valence-electron chi connectivity index (χ3n) is 4.17. The van der Waals surface area contributed by atoms with Crippen LogP contribution < -0.4 is 0 Å². The quantitative estimate of drug-likeness (QED) is 0.775. The Morgan fingerprint density at radius 3 is 2.30 bits per heavy atom. The molecule has 23 heavy (non-hydrogen) atoms. The largest absolute Gasteiger partial charge is 0.396 e. The van der Waals surface area contributed by atoms with E-state index in [4.69, 9.17) is 10.2 Å². The number of aryl methyl sites for hydroxylation is 1. The topological polar surface area (TPSA) is 38.0 Å². The molecule has 0 atom stereocenters. The van der Waals surface area contributed by atoms with E-state index in [-0.39, 0.29) is 6.61 Å². The number of hydrogen-bond acceptors (Lipinski definition) is 2. The molecule has 0 bridgehead atoms. The molecular weight excluding hydrogens is 284 g/mol. The Hall–Kier alpha value is -2.39. The van der Waals surface area contributed by atoms with E-state index in [0.717, 1.165) is 29.1 Å². The summed E-state index contributed by atoms with van der Waals surface area (Å²) >= 11 is 0. The lowest BCUT2D eigenvalue weighted by molar-refractivity contribution is 0.299. The number of aliphatic hydroxyl groups excluding tert-OH is 1. The lowest BCUT2D eigenvalue weighted by Gasteiger charge is -2.07. The van der Waals surface area contributed by atoms with E-state index in [1.54, 1.807) is 0 Å². The number of nitrogens with zero attached hydrogens (tertiary/aromatic N) is 2. The fourth-order valence-electron chi connectivity index (χ4n) is 2.97. The van der Waals surface area contributed by atoms with E-state index in [1.807, 2.05) is 10.7 Å². The summed E-state index contributed by atoms with van der Waals surface area (Å²) in [6, 6.07) is 18.7. The molecule has 1 N–H and O–H groups in total. The first-order valence-electron chi connectivity index (χ1n) is 8.08. The van der Waals surface area contributed by atoms with E-state index in [9.17, 15) is 0 Å². The van der Waals surface area contributed by atoms with E-state index in [1.165, 1.54) is 11.1 Å². The molecule has 0 unspecified atom stereocenters. The Bertz CT molecular complexity index is 773. The maximum absolute atomic E-state index is 9.03. The summed E-state index contributed by atoms with van der Waals surface area (Å²) in [5, 5.41) is 13.8. The highest BCUT2D eigenvalue weighted by Crippen LogP contribution is 2.29. The summed E-state index contributed by atoms with van der Waals surface area (Å²) in [5.41, 5.74) is 6.91. The Morgan fingerprint density at radius 1 is 1.00 bits per heavy atom. The van der Waals surface area contributed by atoms with Gasteiger partial charge in [-0.3, -0.25) is 0 Å². The van der Waals surface area contributed by atoms with Gasteiger partial charge in [-0.05, 0) is 43.0 Å². The molecule has 0 aliphatic rings. The van der Waals surface area contributed by atoms with Gasteiger partial charge in [-0.25, -0.2) is 4.68 Å². The highest BCUT2D eigenvalue weighted by atomic mass is 16.2. The van der Waals surface area contributed by atoms with Crippen molar-refractivity contribution < 1.29 is 5.11 Å². The molecule has 0 saturated heterocycles. The zero-order valence-corrected chi connectivity index (χ0v) is 13.7. The van der Waals surface area contributed by atoms with Gasteiger partial charge in [0, 0.05) is 17.9 Å². The van der Waals surface area contributed by atoms with Crippen LogP contribution in [-0.4, -0.2) is 21.5 Å². The summed E-state index contributed by atoms with van der Waals surface area (Å²) in [7, 11) is 0. The normalized spacial score (nSPS) is 10.9. The van der Waals surface area contributed by atoms with Crippen LogP contribution >= 0.6 is 0 Å². The first-order valence-corrected chi connectivity index (χ1v) is 8.08. The highest BCUT2D eigenvalue weighted by molar-refractivity contribution is 5.69. The van der Waals surface area contributed by atoms with E-state index in [0.29, 0.717) is 6.42 Å². The van der Waals surface area contributed by atoms with Crippen molar-refractivity contribution in [1.29, 1.82) is 0 Å². The van der Waals surface area contributed by atoms with Gasteiger partial charge < -0.3 is 5.11 Å². The molecule has 0 aliphatic carbocycles. The molecule has 1 aromatic heterocycles. The predicted octanol–water partition coefficient (Wildman–Crippen LogP) is 3.94. The minimum atomic E-state index is 0.179. The number of aliphatic hydroxyl groups is 1. The van der Waals surface area contributed by atoms with Gasteiger partial charge >= 0.3 is 0 Å². The third kappa shape index (κ3) is 3.06. The van der Waals surface area contributed by atoms with Crippen LogP contribution in [0.15, 0.2) is 54.6 Å². The van der Waals surface area contributed by atoms with Crippen molar-refractivity contribution in [3.8, 4) is 16.8 Å². The van der Waals surface area contributed by atoms with Crippen LogP contribution in [-0.2, 0) is 12.8 Å². The summed E-state index contributed by atoms with van der Waals surface area (Å²) in [5.74, 6) is 0. The van der Waals surface area contributed by atoms with Crippen LogP contribution in [0.2, 0.25) is 0 Å². The molecule has 3 aromatic rings. The SMILES string of the molecule is CCc1nn(-c2ccc(CCO)cc2)c(C)c1-c1ccccc1. The number of rotatable bonds is 5. The fourth-order valence-corrected chi connectivity index (χ4v) is 2.97. The standard InChI is InChI=1S/C20H22N2O/c1-3-19-20(17-7-5-4-6-8-17)15(2)22(21-19)18-11-9-16(10-12-18)13-14-23/h4-12,23H,3,13-14H2,1-2H3. The molecular formula is C20H22N2O. The molecule has 0 fully saturated rings.